The first-order valence-corrected chi connectivity index (χ1v) is 11.8. The first-order chi connectivity index (χ1) is 17.5. The van der Waals surface area contributed by atoms with Crippen molar-refractivity contribution in [3.8, 4) is 33.6 Å². The van der Waals surface area contributed by atoms with Crippen LogP contribution in [0.3, 0.4) is 0 Å². The Balaban J connectivity index is 1.37. The maximum Gasteiger partial charge on any atom is 0.194 e. The van der Waals surface area contributed by atoms with Crippen LogP contribution in [0.2, 0.25) is 0 Å². The van der Waals surface area contributed by atoms with Crippen molar-refractivity contribution in [2.45, 2.75) is 13.8 Å². The van der Waals surface area contributed by atoms with Crippen LogP contribution in [0.5, 0.6) is 0 Å². The van der Waals surface area contributed by atoms with Crippen LogP contribution in [0, 0.1) is 13.8 Å². The van der Waals surface area contributed by atoms with Crippen LogP contribution in [-0.4, -0.2) is 21.5 Å². The highest BCUT2D eigenvalue weighted by Gasteiger charge is 2.29. The zero-order chi connectivity index (χ0) is 24.8. The molecule has 36 heavy (non-hydrogen) atoms. The molecular weight excluding hydrogens is 444 g/mol. The van der Waals surface area contributed by atoms with Gasteiger partial charge >= 0.3 is 0 Å². The maximum atomic E-state index is 13.2. The monoisotopic (exact) mass is 466 g/mol. The van der Waals surface area contributed by atoms with Crippen molar-refractivity contribution in [1.29, 1.82) is 0 Å². The van der Waals surface area contributed by atoms with Crippen molar-refractivity contribution in [1.82, 2.24) is 9.97 Å². The number of fused-ring (bicyclic) bond motifs is 2. The lowest BCUT2D eigenvalue weighted by Crippen LogP contribution is -2.20. The van der Waals surface area contributed by atoms with E-state index in [1.165, 1.54) is 0 Å². The summed E-state index contributed by atoms with van der Waals surface area (Å²) in [5.41, 5.74) is 9.83. The number of pyridine rings is 2. The number of benzene rings is 3. The Morgan fingerprint density at radius 1 is 0.500 bits per heavy atom. The van der Waals surface area contributed by atoms with Gasteiger partial charge in [0.05, 0.1) is 11.4 Å². The van der Waals surface area contributed by atoms with E-state index in [1.54, 1.807) is 36.5 Å². The molecule has 172 valence electrons. The minimum atomic E-state index is -0.105. The molecule has 4 nitrogen and oxygen atoms in total. The van der Waals surface area contributed by atoms with Crippen LogP contribution in [-0.2, 0) is 0 Å². The van der Waals surface area contributed by atoms with E-state index < -0.39 is 0 Å². The molecule has 0 amide bonds. The van der Waals surface area contributed by atoms with Gasteiger partial charge in [-0.15, -0.1) is 0 Å². The highest BCUT2D eigenvalue weighted by Crippen LogP contribution is 2.35. The summed E-state index contributed by atoms with van der Waals surface area (Å²) < 4.78 is 0. The van der Waals surface area contributed by atoms with Crippen molar-refractivity contribution in [2.75, 3.05) is 0 Å². The van der Waals surface area contributed by atoms with Crippen molar-refractivity contribution < 1.29 is 9.59 Å². The van der Waals surface area contributed by atoms with E-state index in [9.17, 15) is 9.59 Å². The predicted molar refractivity (Wildman–Crippen MR) is 141 cm³/mol. The number of carbonyl (C=O) groups is 2. The summed E-state index contributed by atoms with van der Waals surface area (Å²) in [5.74, 6) is -0.205. The van der Waals surface area contributed by atoms with Crippen molar-refractivity contribution >= 4 is 11.6 Å². The summed E-state index contributed by atoms with van der Waals surface area (Å²) in [6, 6.07) is 26.7. The van der Waals surface area contributed by atoms with Gasteiger partial charge in [-0.3, -0.25) is 19.6 Å². The SMILES string of the molecule is Cc1cc(-c2ccc3c(c2)C(=O)c2ccccc2C3=O)c(C)cc1-c1ccc(-c2ccccn2)nc1. The smallest absolute Gasteiger partial charge is 0.194 e. The van der Waals surface area contributed by atoms with E-state index in [1.807, 2.05) is 42.6 Å². The van der Waals surface area contributed by atoms with Gasteiger partial charge in [0.1, 0.15) is 0 Å². The molecule has 0 aliphatic heterocycles. The van der Waals surface area contributed by atoms with Gasteiger partial charge in [-0.05, 0) is 72.0 Å². The Hall–Kier alpha value is -4.70. The lowest BCUT2D eigenvalue weighted by atomic mass is 9.82. The van der Waals surface area contributed by atoms with Crippen molar-refractivity contribution in [3.05, 3.63) is 131 Å². The summed E-state index contributed by atoms with van der Waals surface area (Å²) in [5, 5.41) is 0. The van der Waals surface area contributed by atoms with Gasteiger partial charge in [0.2, 0.25) is 0 Å². The molecule has 0 saturated carbocycles. The molecule has 2 aromatic heterocycles. The van der Waals surface area contributed by atoms with Crippen molar-refractivity contribution in [3.63, 3.8) is 0 Å². The quantitative estimate of drug-likeness (QED) is 0.286. The van der Waals surface area contributed by atoms with E-state index in [0.29, 0.717) is 22.3 Å². The number of carbonyl (C=O) groups excluding carboxylic acids is 2. The van der Waals surface area contributed by atoms with Gasteiger partial charge in [0, 0.05) is 40.2 Å². The molecule has 0 unspecified atom stereocenters. The Morgan fingerprint density at radius 3 is 1.72 bits per heavy atom. The molecule has 0 radical (unpaired) electrons. The van der Waals surface area contributed by atoms with Gasteiger partial charge in [-0.2, -0.15) is 0 Å². The third-order valence-electron chi connectivity index (χ3n) is 6.81. The molecule has 1 aliphatic carbocycles. The van der Waals surface area contributed by atoms with E-state index in [4.69, 9.17) is 0 Å². The average Bonchev–Trinajstić information content (AvgIpc) is 2.93. The first-order valence-electron chi connectivity index (χ1n) is 11.8. The molecule has 2 heterocycles. The largest absolute Gasteiger partial charge is 0.289 e. The molecule has 0 fully saturated rings. The van der Waals surface area contributed by atoms with Gasteiger partial charge in [0.15, 0.2) is 11.6 Å². The number of aryl methyl sites for hydroxylation is 2. The molecule has 6 rings (SSSR count). The second-order valence-electron chi connectivity index (χ2n) is 9.09. The van der Waals surface area contributed by atoms with E-state index in [2.05, 4.69) is 42.0 Å². The molecule has 0 N–H and O–H groups in total. The van der Waals surface area contributed by atoms with Crippen molar-refractivity contribution in [2.24, 2.45) is 0 Å². The van der Waals surface area contributed by atoms with Gasteiger partial charge in [0.25, 0.3) is 0 Å². The van der Waals surface area contributed by atoms with Crippen LogP contribution in [0.1, 0.15) is 43.0 Å². The first kappa shape index (κ1) is 21.8. The normalized spacial score (nSPS) is 12.3. The number of rotatable bonds is 3. The number of ketones is 2. The molecule has 4 heteroatoms. The summed E-state index contributed by atoms with van der Waals surface area (Å²) in [4.78, 5) is 35.2. The highest BCUT2D eigenvalue weighted by molar-refractivity contribution is 6.28. The summed E-state index contributed by atoms with van der Waals surface area (Å²) in [6.07, 6.45) is 3.65. The molecule has 0 atom stereocenters. The van der Waals surface area contributed by atoms with Crippen LogP contribution >= 0.6 is 0 Å². The Kier molecular flexibility index (Phi) is 5.15. The van der Waals surface area contributed by atoms with Crippen LogP contribution < -0.4 is 0 Å². The lowest BCUT2D eigenvalue weighted by molar-refractivity contribution is 0.0979. The Morgan fingerprint density at radius 2 is 1.08 bits per heavy atom. The highest BCUT2D eigenvalue weighted by atomic mass is 16.1. The van der Waals surface area contributed by atoms with Crippen LogP contribution in [0.15, 0.2) is 97.3 Å². The second kappa shape index (κ2) is 8.51. The molecule has 3 aromatic carbocycles. The topological polar surface area (TPSA) is 59.9 Å². The summed E-state index contributed by atoms with van der Waals surface area (Å²) in [7, 11) is 0. The lowest BCUT2D eigenvalue weighted by Gasteiger charge is -2.19. The molecule has 1 aliphatic rings. The van der Waals surface area contributed by atoms with E-state index in [0.717, 1.165) is 44.8 Å². The molecular formula is C32H22N2O2. The van der Waals surface area contributed by atoms with Gasteiger partial charge < -0.3 is 0 Å². The molecule has 0 spiro atoms. The third kappa shape index (κ3) is 3.55. The number of hydrogen-bond acceptors (Lipinski definition) is 4. The molecule has 0 bridgehead atoms. The van der Waals surface area contributed by atoms with Gasteiger partial charge in [-0.25, -0.2) is 0 Å². The zero-order valence-corrected chi connectivity index (χ0v) is 19.9. The summed E-state index contributed by atoms with van der Waals surface area (Å²) >= 11 is 0. The Bertz CT molecular complexity index is 1670. The summed E-state index contributed by atoms with van der Waals surface area (Å²) in [6.45, 7) is 4.14. The van der Waals surface area contributed by atoms with Crippen LogP contribution in [0.4, 0.5) is 0 Å². The second-order valence-corrected chi connectivity index (χ2v) is 9.09. The molecule has 0 saturated heterocycles. The number of hydrogen-bond donors (Lipinski definition) is 0. The molecule has 5 aromatic rings. The maximum absolute atomic E-state index is 13.2. The van der Waals surface area contributed by atoms with Crippen LogP contribution in [0.25, 0.3) is 33.6 Å². The van der Waals surface area contributed by atoms with E-state index in [-0.39, 0.29) is 11.6 Å². The standard InChI is InChI=1S/C32H22N2O2/c1-19-16-27(22-11-13-30(34-18-22)29-9-5-6-14-33-29)20(2)15-26(19)21-10-12-25-28(17-21)32(36)24-8-4-3-7-23(24)31(25)35/h3-18H,1-2H3. The minimum Gasteiger partial charge on any atom is -0.289 e. The third-order valence-corrected chi connectivity index (χ3v) is 6.81. The number of aromatic nitrogens is 2. The zero-order valence-electron chi connectivity index (χ0n) is 19.9. The minimum absolute atomic E-state index is 0.100. The fraction of sp³-hybridized carbons (Fsp3) is 0.0625. The predicted octanol–water partition coefficient (Wildman–Crippen LogP) is 6.87. The van der Waals surface area contributed by atoms with Gasteiger partial charge in [-0.1, -0.05) is 54.6 Å². The fourth-order valence-corrected chi connectivity index (χ4v) is 4.92. The van der Waals surface area contributed by atoms with E-state index >= 15 is 0 Å². The average molecular weight is 467 g/mol. The Labute approximate surface area is 209 Å². The number of nitrogens with zero attached hydrogens (tertiary/aromatic N) is 2. The fourth-order valence-electron chi connectivity index (χ4n) is 4.92.